The van der Waals surface area contributed by atoms with Crippen molar-refractivity contribution < 1.29 is 9.84 Å². The van der Waals surface area contributed by atoms with Crippen LogP contribution in [0.5, 0.6) is 0 Å². The van der Waals surface area contributed by atoms with Crippen LogP contribution in [0.2, 0.25) is 0 Å². The number of rotatable bonds is 4. The van der Waals surface area contributed by atoms with Gasteiger partial charge in [-0.1, -0.05) is 6.92 Å². The molecule has 2 saturated heterocycles. The normalized spacial score (nSPS) is 39.7. The number of nitrogens with zero attached hydrogens (tertiary/aromatic N) is 1. The van der Waals surface area contributed by atoms with E-state index in [9.17, 15) is 5.11 Å². The Kier molecular flexibility index (Phi) is 4.42. The zero-order valence-electron chi connectivity index (χ0n) is 11.1. The lowest BCUT2D eigenvalue weighted by atomic mass is 9.85. The van der Waals surface area contributed by atoms with Crippen LogP contribution in [-0.2, 0) is 4.74 Å². The Balaban J connectivity index is 1.90. The van der Waals surface area contributed by atoms with Gasteiger partial charge in [-0.15, -0.1) is 0 Å². The molecule has 0 aromatic heterocycles. The molecule has 0 radical (unpaired) electrons. The van der Waals surface area contributed by atoms with Crippen molar-refractivity contribution >= 4 is 0 Å². The van der Waals surface area contributed by atoms with E-state index in [4.69, 9.17) is 4.74 Å². The van der Waals surface area contributed by atoms with Gasteiger partial charge in [-0.3, -0.25) is 0 Å². The molecule has 2 aliphatic rings. The van der Waals surface area contributed by atoms with E-state index >= 15 is 0 Å². The summed E-state index contributed by atoms with van der Waals surface area (Å²) in [5, 5.41) is 13.2. The molecule has 3 unspecified atom stereocenters. The molecular weight excluding hydrogens is 216 g/mol. The third-order valence-corrected chi connectivity index (χ3v) is 4.30. The Morgan fingerprint density at radius 3 is 2.94 bits per heavy atom. The van der Waals surface area contributed by atoms with Gasteiger partial charge >= 0.3 is 0 Å². The van der Waals surface area contributed by atoms with Gasteiger partial charge in [-0.2, -0.15) is 0 Å². The zero-order chi connectivity index (χ0) is 12.3. The maximum Gasteiger partial charge on any atom is 0.0693 e. The summed E-state index contributed by atoms with van der Waals surface area (Å²) >= 11 is 0. The van der Waals surface area contributed by atoms with Crippen molar-refractivity contribution in [1.82, 2.24) is 10.2 Å². The van der Waals surface area contributed by atoms with Gasteiger partial charge in [-0.05, 0) is 32.4 Å². The number of hydrogen-bond donors (Lipinski definition) is 2. The molecule has 2 N–H and O–H groups in total. The lowest BCUT2D eigenvalue weighted by Crippen LogP contribution is -2.50. The largest absolute Gasteiger partial charge is 0.392 e. The van der Waals surface area contributed by atoms with Crippen LogP contribution in [0.25, 0.3) is 0 Å². The number of aliphatic hydroxyl groups is 1. The molecule has 4 nitrogen and oxygen atoms in total. The lowest BCUT2D eigenvalue weighted by Gasteiger charge is -2.39. The zero-order valence-corrected chi connectivity index (χ0v) is 11.1. The van der Waals surface area contributed by atoms with Crippen LogP contribution in [0.15, 0.2) is 0 Å². The maximum absolute atomic E-state index is 9.95. The Bertz CT molecular complexity index is 242. The number of likely N-dealkylation sites (tertiary alicyclic amines) is 1. The Hall–Kier alpha value is -0.160. The molecule has 0 aliphatic carbocycles. The first kappa shape index (κ1) is 13.3. The fourth-order valence-corrected chi connectivity index (χ4v) is 3.08. The molecule has 0 amide bonds. The topological polar surface area (TPSA) is 44.7 Å². The average molecular weight is 242 g/mol. The van der Waals surface area contributed by atoms with Crippen molar-refractivity contribution in [2.75, 3.05) is 46.4 Å². The van der Waals surface area contributed by atoms with Gasteiger partial charge in [0.25, 0.3) is 0 Å². The number of aliphatic hydroxyl groups excluding tert-OH is 1. The molecule has 0 spiro atoms. The minimum Gasteiger partial charge on any atom is -0.392 e. The lowest BCUT2D eigenvalue weighted by molar-refractivity contribution is 0.00756. The summed E-state index contributed by atoms with van der Waals surface area (Å²) in [6, 6.07) is 0. The predicted molar refractivity (Wildman–Crippen MR) is 68.0 cm³/mol. The van der Waals surface area contributed by atoms with Gasteiger partial charge in [0.05, 0.1) is 12.7 Å². The Morgan fingerprint density at radius 1 is 1.53 bits per heavy atom. The van der Waals surface area contributed by atoms with E-state index < -0.39 is 0 Å². The number of hydrogen-bond acceptors (Lipinski definition) is 4. The number of nitrogens with one attached hydrogen (secondary N) is 1. The second kappa shape index (κ2) is 5.65. The Morgan fingerprint density at radius 2 is 2.35 bits per heavy atom. The minimum atomic E-state index is -0.155. The van der Waals surface area contributed by atoms with E-state index in [-0.39, 0.29) is 11.5 Å². The van der Waals surface area contributed by atoms with Crippen molar-refractivity contribution in [3.05, 3.63) is 0 Å². The van der Waals surface area contributed by atoms with Gasteiger partial charge < -0.3 is 20.1 Å². The molecule has 0 saturated carbocycles. The summed E-state index contributed by atoms with van der Waals surface area (Å²) in [7, 11) is 2.01. The highest BCUT2D eigenvalue weighted by Gasteiger charge is 2.37. The van der Waals surface area contributed by atoms with Gasteiger partial charge in [0.15, 0.2) is 0 Å². The highest BCUT2D eigenvalue weighted by molar-refractivity contribution is 4.90. The van der Waals surface area contributed by atoms with E-state index in [1.54, 1.807) is 0 Å². The first-order valence-electron chi connectivity index (χ1n) is 6.78. The highest BCUT2D eigenvalue weighted by atomic mass is 16.5. The van der Waals surface area contributed by atoms with E-state index in [0.717, 1.165) is 52.2 Å². The van der Waals surface area contributed by atoms with Gasteiger partial charge in [0, 0.05) is 31.7 Å². The monoisotopic (exact) mass is 242 g/mol. The fourth-order valence-electron chi connectivity index (χ4n) is 3.08. The molecule has 2 aliphatic heterocycles. The smallest absolute Gasteiger partial charge is 0.0693 e. The molecule has 100 valence electrons. The molecule has 0 bridgehead atoms. The molecule has 3 atom stereocenters. The summed E-state index contributed by atoms with van der Waals surface area (Å²) in [6.45, 7) is 7.89. The molecule has 2 heterocycles. The summed E-state index contributed by atoms with van der Waals surface area (Å²) < 4.78 is 5.57. The van der Waals surface area contributed by atoms with Gasteiger partial charge in [0.1, 0.15) is 0 Å². The molecule has 0 aromatic rings. The van der Waals surface area contributed by atoms with Crippen LogP contribution < -0.4 is 5.32 Å². The number of β-amino-alcohol motifs (C(OH)–C–C–N with tert-alkyl or cyclic N) is 1. The standard InChI is InChI=1S/C13H26N2O2/c1-11-3-5-15(7-12(11)16)9-13(8-14-2)4-6-17-10-13/h11-12,14,16H,3-10H2,1-2H3. The highest BCUT2D eigenvalue weighted by Crippen LogP contribution is 2.30. The second-order valence-corrected chi connectivity index (χ2v) is 5.90. The van der Waals surface area contributed by atoms with E-state index in [0.29, 0.717) is 5.92 Å². The third kappa shape index (κ3) is 3.19. The molecule has 4 heteroatoms. The van der Waals surface area contributed by atoms with Gasteiger partial charge in [0.2, 0.25) is 0 Å². The number of piperidine rings is 1. The first-order valence-corrected chi connectivity index (χ1v) is 6.78. The van der Waals surface area contributed by atoms with E-state index in [1.807, 2.05) is 7.05 Å². The molecular formula is C13H26N2O2. The molecule has 17 heavy (non-hydrogen) atoms. The predicted octanol–water partition coefficient (Wildman–Crippen LogP) is 0.315. The van der Waals surface area contributed by atoms with Crippen LogP contribution in [0.4, 0.5) is 0 Å². The van der Waals surface area contributed by atoms with Crippen molar-refractivity contribution in [2.24, 2.45) is 11.3 Å². The second-order valence-electron chi connectivity index (χ2n) is 5.90. The average Bonchev–Trinajstić information content (AvgIpc) is 2.73. The molecule has 2 fully saturated rings. The van der Waals surface area contributed by atoms with E-state index in [1.165, 1.54) is 0 Å². The molecule has 0 aromatic carbocycles. The van der Waals surface area contributed by atoms with Crippen molar-refractivity contribution in [2.45, 2.75) is 25.9 Å². The van der Waals surface area contributed by atoms with Crippen molar-refractivity contribution in [3.63, 3.8) is 0 Å². The minimum absolute atomic E-state index is 0.155. The Labute approximate surface area is 104 Å². The van der Waals surface area contributed by atoms with Crippen LogP contribution in [0.3, 0.4) is 0 Å². The third-order valence-electron chi connectivity index (χ3n) is 4.30. The summed E-state index contributed by atoms with van der Waals surface area (Å²) in [6.07, 6.45) is 2.09. The van der Waals surface area contributed by atoms with E-state index in [2.05, 4.69) is 17.1 Å². The molecule has 2 rings (SSSR count). The van der Waals surface area contributed by atoms with Crippen LogP contribution in [0.1, 0.15) is 19.8 Å². The summed E-state index contributed by atoms with van der Waals surface area (Å²) in [5.41, 5.74) is 0.259. The number of ether oxygens (including phenoxy) is 1. The maximum atomic E-state index is 9.95. The van der Waals surface area contributed by atoms with Crippen molar-refractivity contribution in [3.8, 4) is 0 Å². The van der Waals surface area contributed by atoms with Crippen LogP contribution >= 0.6 is 0 Å². The first-order chi connectivity index (χ1) is 8.15. The van der Waals surface area contributed by atoms with Gasteiger partial charge in [-0.25, -0.2) is 0 Å². The summed E-state index contributed by atoms with van der Waals surface area (Å²) in [4.78, 5) is 2.41. The van der Waals surface area contributed by atoms with Crippen LogP contribution in [-0.4, -0.2) is 62.6 Å². The van der Waals surface area contributed by atoms with Crippen molar-refractivity contribution in [1.29, 1.82) is 0 Å². The quantitative estimate of drug-likeness (QED) is 0.745. The SMILES string of the molecule is CNCC1(CN2CCC(C)C(O)C2)CCOC1. The fraction of sp³-hybridized carbons (Fsp3) is 1.00. The van der Waals surface area contributed by atoms with Crippen LogP contribution in [0, 0.1) is 11.3 Å². The summed E-state index contributed by atoms with van der Waals surface area (Å²) in [5.74, 6) is 0.450.